The van der Waals surface area contributed by atoms with Gasteiger partial charge in [0.2, 0.25) is 17.7 Å². The summed E-state index contributed by atoms with van der Waals surface area (Å²) in [7, 11) is 0. The third kappa shape index (κ3) is 12.9. The van der Waals surface area contributed by atoms with Crippen LogP contribution in [0.15, 0.2) is 0 Å². The normalized spacial score (nSPS) is 45.0. The minimum Gasteiger partial charge on any atom is -0.477 e. The maximum absolute atomic E-state index is 13.0. The van der Waals surface area contributed by atoms with Crippen molar-refractivity contribution in [2.75, 3.05) is 33.0 Å². The van der Waals surface area contributed by atoms with E-state index >= 15 is 0 Å². The average Bonchev–Trinajstić information content (AvgIpc) is 3.31. The van der Waals surface area contributed by atoms with E-state index in [0.29, 0.717) is 0 Å². The van der Waals surface area contributed by atoms with Crippen molar-refractivity contribution in [3.05, 3.63) is 0 Å². The van der Waals surface area contributed by atoms with Gasteiger partial charge in [-0.1, -0.05) is 0 Å². The van der Waals surface area contributed by atoms with E-state index in [1.54, 1.807) is 0 Å². The summed E-state index contributed by atoms with van der Waals surface area (Å²) in [6, 6.07) is -5.06. The number of hydrogen-bond acceptors (Lipinski definition) is 28. The lowest BCUT2D eigenvalue weighted by atomic mass is 9.88. The summed E-state index contributed by atoms with van der Waals surface area (Å²) >= 11 is 0. The van der Waals surface area contributed by atoms with E-state index in [1.165, 1.54) is 0 Å². The smallest absolute Gasteiger partial charge is 0.364 e. The van der Waals surface area contributed by atoms with Crippen LogP contribution in [0.3, 0.4) is 0 Å². The monoisotopic (exact) mass is 1040 g/mol. The highest BCUT2D eigenvalue weighted by molar-refractivity contribution is 5.77. The Morgan fingerprint density at radius 3 is 1.49 bits per heavy atom. The van der Waals surface area contributed by atoms with Gasteiger partial charge in [-0.2, -0.15) is 0 Å². The molecule has 0 unspecified atom stereocenters. The van der Waals surface area contributed by atoms with Crippen molar-refractivity contribution in [3.8, 4) is 0 Å². The maximum atomic E-state index is 13.0. The molecule has 19 N–H and O–H groups in total. The molecule has 32 heteroatoms. The lowest BCUT2D eigenvalue weighted by Crippen LogP contribution is -2.71. The van der Waals surface area contributed by atoms with E-state index < -0.39 is 222 Å². The second kappa shape index (κ2) is 25.0. The van der Waals surface area contributed by atoms with Gasteiger partial charge in [-0.15, -0.1) is 0 Å². The molecule has 5 rings (SSSR count). The summed E-state index contributed by atoms with van der Waals surface area (Å²) in [5, 5.41) is 179. The quantitative estimate of drug-likeness (QED) is 0.0571. The molecule has 5 saturated heterocycles. The Hall–Kier alpha value is -3.08. The first-order valence-corrected chi connectivity index (χ1v) is 22.2. The van der Waals surface area contributed by atoms with Crippen LogP contribution < -0.4 is 16.0 Å². The Labute approximate surface area is 402 Å². The minimum absolute atomic E-state index is 0.745. The highest BCUT2D eigenvalue weighted by atomic mass is 16.8. The molecule has 0 aromatic carbocycles. The molecule has 5 aliphatic rings. The molecule has 0 aliphatic carbocycles. The molecule has 0 spiro atoms. The minimum atomic E-state index is -3.18. The Bertz CT molecular complexity index is 1780. The number of aliphatic hydroxyl groups excluding tert-OH is 15. The van der Waals surface area contributed by atoms with Gasteiger partial charge in [-0.3, -0.25) is 14.4 Å². The Morgan fingerprint density at radius 1 is 0.549 bits per heavy atom. The van der Waals surface area contributed by atoms with Crippen molar-refractivity contribution in [1.29, 1.82) is 0 Å². The second-order valence-electron chi connectivity index (χ2n) is 17.6. The third-order valence-corrected chi connectivity index (χ3v) is 12.5. The van der Waals surface area contributed by atoms with Crippen LogP contribution >= 0.6 is 0 Å². The number of ether oxygens (including phenoxy) is 9. The Balaban J connectivity index is 1.41. The fourth-order valence-corrected chi connectivity index (χ4v) is 8.94. The number of carboxylic acid groups (broad SMARTS) is 1. The number of hydrogen-bond donors (Lipinski definition) is 19. The van der Waals surface area contributed by atoms with Gasteiger partial charge in [0.15, 0.2) is 25.2 Å². The topological polar surface area (TPSA) is 511 Å². The van der Waals surface area contributed by atoms with Gasteiger partial charge in [0.1, 0.15) is 116 Å². The molecule has 5 fully saturated rings. The van der Waals surface area contributed by atoms with Gasteiger partial charge in [-0.05, 0) is 0 Å². The van der Waals surface area contributed by atoms with Gasteiger partial charge in [0, 0.05) is 27.2 Å². The van der Waals surface area contributed by atoms with Crippen LogP contribution in [0.2, 0.25) is 0 Å². The number of amides is 3. The first-order chi connectivity index (χ1) is 33.4. The first kappa shape index (κ1) is 58.8. The Morgan fingerprint density at radius 2 is 0.986 bits per heavy atom. The number of carbonyl (C=O) groups is 4. The molecule has 3 amide bonds. The van der Waals surface area contributed by atoms with Gasteiger partial charge in [-0.25, -0.2) is 4.79 Å². The number of rotatable bonds is 19. The highest BCUT2D eigenvalue weighted by Gasteiger charge is 2.61. The SMILES string of the molecule is CC(=O)N[C@@H]1[C@@H](O[C@@H]2O[C@H](CO)[C@H](O)[C@H](O[C@@H]3O[C@H](CO)[C@@H](O[C@@H]4O[C@H](CO)[C@H](O)[C@H](O[C@]5(C(=O)O)C[C@H](O)[C@@H](NC(C)=O)[C@H]([C@H](O)[C@H](O)CO)O5)[C@H]4O)[C@H](O)[C@H]3NC(C)=O)[C@H]2O)[C@H](O)[C@@H](CO)O[C@H]1O. The van der Waals surface area contributed by atoms with Crippen LogP contribution in [0, 0.1) is 0 Å². The highest BCUT2D eigenvalue weighted by Crippen LogP contribution is 2.39. The summed E-state index contributed by atoms with van der Waals surface area (Å²) in [5.74, 6) is -7.69. The molecule has 410 valence electrons. The van der Waals surface area contributed by atoms with E-state index in [2.05, 4.69) is 16.0 Å². The van der Waals surface area contributed by atoms with Crippen LogP contribution in [-0.2, 0) is 61.8 Å². The molecule has 5 aliphatic heterocycles. The molecule has 0 radical (unpaired) electrons. The molecule has 71 heavy (non-hydrogen) atoms. The molecule has 32 nitrogen and oxygen atoms in total. The first-order valence-electron chi connectivity index (χ1n) is 22.2. The predicted molar refractivity (Wildman–Crippen MR) is 219 cm³/mol. The van der Waals surface area contributed by atoms with E-state index in [9.17, 15) is 101 Å². The summed E-state index contributed by atoms with van der Waals surface area (Å²) < 4.78 is 51.0. The predicted octanol–water partition coefficient (Wildman–Crippen LogP) is -12.3. The van der Waals surface area contributed by atoms with Gasteiger partial charge in [0.25, 0.3) is 5.79 Å². The van der Waals surface area contributed by atoms with E-state index in [1.807, 2.05) is 0 Å². The molecule has 0 saturated carbocycles. The van der Waals surface area contributed by atoms with Gasteiger partial charge in [0.05, 0.1) is 45.2 Å². The fourth-order valence-electron chi connectivity index (χ4n) is 8.94. The van der Waals surface area contributed by atoms with E-state index in [-0.39, 0.29) is 0 Å². The lowest BCUT2D eigenvalue weighted by Gasteiger charge is -2.51. The number of carboxylic acids is 1. The van der Waals surface area contributed by atoms with Crippen molar-refractivity contribution in [1.82, 2.24) is 16.0 Å². The zero-order chi connectivity index (χ0) is 53.0. The van der Waals surface area contributed by atoms with Crippen LogP contribution in [0.1, 0.15) is 27.2 Å². The zero-order valence-corrected chi connectivity index (χ0v) is 38.1. The molecule has 26 atom stereocenters. The maximum Gasteiger partial charge on any atom is 0.364 e. The number of carbonyl (C=O) groups excluding carboxylic acids is 3. The number of aliphatic hydroxyl groups is 15. The van der Waals surface area contributed by atoms with E-state index in [4.69, 9.17) is 42.6 Å². The van der Waals surface area contributed by atoms with Crippen LogP contribution in [0.4, 0.5) is 0 Å². The van der Waals surface area contributed by atoms with Crippen LogP contribution in [0.25, 0.3) is 0 Å². The van der Waals surface area contributed by atoms with Crippen molar-refractivity contribution >= 4 is 23.7 Å². The number of aliphatic carboxylic acids is 1. The molecular weight excluding hydrogens is 974 g/mol. The largest absolute Gasteiger partial charge is 0.477 e. The molecule has 5 heterocycles. The summed E-state index contributed by atoms with van der Waals surface area (Å²) in [6.45, 7) is -2.18. The van der Waals surface area contributed by atoms with Crippen molar-refractivity contribution in [2.45, 2.75) is 186 Å². The zero-order valence-electron chi connectivity index (χ0n) is 38.1. The van der Waals surface area contributed by atoms with Crippen molar-refractivity contribution in [2.24, 2.45) is 0 Å². The summed E-state index contributed by atoms with van der Waals surface area (Å²) in [6.07, 6.45) is -45.1. The Kier molecular flexibility index (Phi) is 20.7. The van der Waals surface area contributed by atoms with Crippen LogP contribution in [0.5, 0.6) is 0 Å². The van der Waals surface area contributed by atoms with Gasteiger partial charge < -0.3 is 140 Å². The van der Waals surface area contributed by atoms with Crippen molar-refractivity contribution < 1.29 is 144 Å². The number of nitrogens with one attached hydrogen (secondary N) is 3. The average molecular weight is 1040 g/mol. The molecular formula is C39H65N3O29. The van der Waals surface area contributed by atoms with Crippen molar-refractivity contribution in [3.63, 3.8) is 0 Å². The summed E-state index contributed by atoms with van der Waals surface area (Å²) in [4.78, 5) is 49.5. The third-order valence-electron chi connectivity index (χ3n) is 12.5. The van der Waals surface area contributed by atoms with Gasteiger partial charge >= 0.3 is 5.97 Å². The fraction of sp³-hybridized carbons (Fsp3) is 0.897. The standard InChI is InChI=1S/C39H65N3O29/c1-10(48)40-19-13(51)4-39(38(61)62,70-31(19)22(53)14(52)5-43)71-33-25(56)17(8-46)65-37(28(33)59)67-29-18(9-47)66-35(20(26(29)57)41-11(2)49)69-32-24(55)16(7-45)64-36(27(32)58)68-30-21(42-12(3)50)34(60)63-15(6-44)23(30)54/h13-37,43-47,51-60H,4-9H2,1-3H3,(H,40,48)(H,41,49)(H,42,50)(H,61,62)/t13-,14+,15+,16+,17+,18+,19+,20+,21+,22+,23+,24-,25-,26+,27+,28+,29+,30+,31+,32-,33-,34+,35-,36-,37-,39-/m0/s1. The molecule has 0 aromatic rings. The summed E-state index contributed by atoms with van der Waals surface area (Å²) in [5.41, 5.74) is 0. The lowest BCUT2D eigenvalue weighted by molar-refractivity contribution is -0.389. The second-order valence-corrected chi connectivity index (χ2v) is 17.6. The van der Waals surface area contributed by atoms with E-state index in [0.717, 1.165) is 20.8 Å². The molecule has 0 aromatic heterocycles. The van der Waals surface area contributed by atoms with Crippen LogP contribution in [-0.4, -0.2) is 297 Å². The molecule has 0 bridgehead atoms.